The molecule has 3 N–H and O–H groups in total. The molecule has 0 aliphatic heterocycles. The topological polar surface area (TPSA) is 180 Å². The number of carbonyl (C=O) groups is 4. The molecule has 0 bridgehead atoms. The van der Waals surface area contributed by atoms with Gasteiger partial charge in [0.2, 0.25) is 11.8 Å². The van der Waals surface area contributed by atoms with E-state index in [2.05, 4.69) is 15.4 Å². The van der Waals surface area contributed by atoms with E-state index < -0.39 is 5.91 Å². The summed E-state index contributed by atoms with van der Waals surface area (Å²) >= 11 is 0. The molecule has 2 heterocycles. The number of aryl methyl sites for hydroxylation is 2. The standard InChI is InChI=1S/C26H37N3O4.C19H31N3O4/c1-19-24(26(31)29(2)3)27-25(33-19)22(16-10-15-20-11-6-4-7-12-20)17-23(30)28-32-18-21-13-8-5-9-14-21;1-13-17(19(24)22(2)3)20-18(26-13)15(12-16(23)21-25)11-7-10-14-8-5-4-6-9-14/h5,8-9,13-14,20,22H,4,6-7,10-12,15-18H2,1-3H3,(H,28,30);14-15,25H,4-12H2,1-3H3,(H,21,23)/t22-;15-/m11/s1. The van der Waals surface area contributed by atoms with Crippen molar-refractivity contribution in [2.45, 2.75) is 148 Å². The molecule has 2 aliphatic rings. The van der Waals surface area contributed by atoms with Crippen LogP contribution in [0.4, 0.5) is 0 Å². The normalized spacial score (nSPS) is 15.7. The maximum absolute atomic E-state index is 12.6. The van der Waals surface area contributed by atoms with Gasteiger partial charge in [-0.25, -0.2) is 20.9 Å². The van der Waals surface area contributed by atoms with E-state index in [9.17, 15) is 19.2 Å². The van der Waals surface area contributed by atoms with Crippen LogP contribution in [0, 0.1) is 25.7 Å². The molecular formula is C45H68N6O8. The van der Waals surface area contributed by atoms with E-state index in [1.807, 2.05) is 30.3 Å². The van der Waals surface area contributed by atoms with Crippen molar-refractivity contribution >= 4 is 23.6 Å². The largest absolute Gasteiger partial charge is 0.445 e. The van der Waals surface area contributed by atoms with Crippen LogP contribution in [-0.2, 0) is 21.0 Å². The molecule has 0 radical (unpaired) electrons. The van der Waals surface area contributed by atoms with Gasteiger partial charge in [-0.3, -0.25) is 29.2 Å². The Balaban J connectivity index is 0.000000268. The molecular weight excluding hydrogens is 753 g/mol. The van der Waals surface area contributed by atoms with Gasteiger partial charge in [-0.1, -0.05) is 120 Å². The summed E-state index contributed by atoms with van der Waals surface area (Å²) in [7, 11) is 6.71. The Bertz CT molecular complexity index is 1740. The van der Waals surface area contributed by atoms with Gasteiger partial charge in [0, 0.05) is 52.9 Å². The van der Waals surface area contributed by atoms with E-state index >= 15 is 0 Å². The van der Waals surface area contributed by atoms with Gasteiger partial charge in [0.25, 0.3) is 11.8 Å². The fourth-order valence-corrected chi connectivity index (χ4v) is 8.20. The van der Waals surface area contributed by atoms with Crippen LogP contribution >= 0.6 is 0 Å². The minimum atomic E-state index is -0.469. The highest BCUT2D eigenvalue weighted by atomic mass is 16.6. The Morgan fingerprint density at radius 2 is 1.15 bits per heavy atom. The molecule has 59 heavy (non-hydrogen) atoms. The van der Waals surface area contributed by atoms with Crippen LogP contribution in [0.5, 0.6) is 0 Å². The fourth-order valence-electron chi connectivity index (χ4n) is 8.20. The first-order valence-electron chi connectivity index (χ1n) is 21.6. The van der Waals surface area contributed by atoms with E-state index in [4.69, 9.17) is 18.9 Å². The molecule has 0 unspecified atom stereocenters. The highest BCUT2D eigenvalue weighted by Gasteiger charge is 2.28. The molecule has 14 nitrogen and oxygen atoms in total. The van der Waals surface area contributed by atoms with Crippen LogP contribution in [0.2, 0.25) is 0 Å². The number of hydrogen-bond acceptors (Lipinski definition) is 10. The van der Waals surface area contributed by atoms with Crippen molar-refractivity contribution in [1.82, 2.24) is 30.7 Å². The van der Waals surface area contributed by atoms with E-state index in [0.717, 1.165) is 55.9 Å². The molecule has 326 valence electrons. The lowest BCUT2D eigenvalue weighted by Crippen LogP contribution is -2.25. The van der Waals surface area contributed by atoms with Crippen LogP contribution in [0.1, 0.15) is 177 Å². The lowest BCUT2D eigenvalue weighted by atomic mass is 9.84. The molecule has 2 aliphatic carbocycles. The minimum absolute atomic E-state index is 0.0940. The quantitative estimate of drug-likeness (QED) is 0.0783. The second-order valence-corrected chi connectivity index (χ2v) is 16.8. The Labute approximate surface area is 350 Å². The third kappa shape index (κ3) is 15.5. The van der Waals surface area contributed by atoms with Crippen LogP contribution in [0.3, 0.4) is 0 Å². The molecule has 2 saturated carbocycles. The third-order valence-electron chi connectivity index (χ3n) is 11.6. The Morgan fingerprint density at radius 1 is 0.712 bits per heavy atom. The van der Waals surface area contributed by atoms with Crippen LogP contribution in [-0.4, -0.2) is 76.8 Å². The summed E-state index contributed by atoms with van der Waals surface area (Å²) in [6.07, 6.45) is 19.3. The van der Waals surface area contributed by atoms with E-state index in [-0.39, 0.29) is 48.1 Å². The zero-order chi connectivity index (χ0) is 42.7. The number of nitrogens with zero attached hydrogens (tertiary/aromatic N) is 4. The van der Waals surface area contributed by atoms with Crippen molar-refractivity contribution in [2.24, 2.45) is 11.8 Å². The fraction of sp³-hybridized carbons (Fsp3) is 0.644. The number of nitrogens with one attached hydrogen (secondary N) is 2. The zero-order valence-electron chi connectivity index (χ0n) is 36.2. The van der Waals surface area contributed by atoms with Crippen molar-refractivity contribution < 1.29 is 38.1 Å². The zero-order valence-corrected chi connectivity index (χ0v) is 36.2. The van der Waals surface area contributed by atoms with Gasteiger partial charge in [-0.05, 0) is 44.1 Å². The first-order valence-corrected chi connectivity index (χ1v) is 21.6. The molecule has 14 heteroatoms. The number of amides is 4. The second-order valence-electron chi connectivity index (χ2n) is 16.8. The minimum Gasteiger partial charge on any atom is -0.445 e. The van der Waals surface area contributed by atoms with Gasteiger partial charge < -0.3 is 18.6 Å². The molecule has 4 amide bonds. The summed E-state index contributed by atoms with van der Waals surface area (Å²) in [5.74, 6) is 1.82. The van der Waals surface area contributed by atoms with Crippen molar-refractivity contribution in [3.05, 3.63) is 70.6 Å². The number of aromatic nitrogens is 2. The van der Waals surface area contributed by atoms with Crippen molar-refractivity contribution in [3.63, 3.8) is 0 Å². The van der Waals surface area contributed by atoms with Crippen LogP contribution < -0.4 is 11.0 Å². The molecule has 0 spiro atoms. The van der Waals surface area contributed by atoms with Gasteiger partial charge in [0.1, 0.15) is 11.5 Å². The summed E-state index contributed by atoms with van der Waals surface area (Å²) in [5.41, 5.74) is 5.81. The second kappa shape index (κ2) is 24.5. The number of rotatable bonds is 19. The summed E-state index contributed by atoms with van der Waals surface area (Å²) in [5, 5.41) is 8.87. The maximum Gasteiger partial charge on any atom is 0.275 e. The monoisotopic (exact) mass is 821 g/mol. The Morgan fingerprint density at radius 3 is 1.58 bits per heavy atom. The molecule has 1 aromatic carbocycles. The highest BCUT2D eigenvalue weighted by molar-refractivity contribution is 5.93. The van der Waals surface area contributed by atoms with Crippen LogP contribution in [0.25, 0.3) is 0 Å². The number of benzene rings is 1. The lowest BCUT2D eigenvalue weighted by molar-refractivity contribution is -0.135. The summed E-state index contributed by atoms with van der Waals surface area (Å²) < 4.78 is 11.6. The third-order valence-corrected chi connectivity index (χ3v) is 11.6. The van der Waals surface area contributed by atoms with Gasteiger partial charge in [-0.15, -0.1) is 0 Å². The maximum atomic E-state index is 12.6. The van der Waals surface area contributed by atoms with E-state index in [0.29, 0.717) is 35.6 Å². The van der Waals surface area contributed by atoms with Gasteiger partial charge in [0.15, 0.2) is 23.2 Å². The first kappa shape index (κ1) is 47.1. The molecule has 2 fully saturated rings. The SMILES string of the molecule is Cc1oc([C@H](CCCC2CCCCC2)CC(=O)NO)nc1C(=O)N(C)C.Cc1oc([C@H](CCCC2CCCCC2)CC(=O)NOCc2ccccc2)nc1C(=O)N(C)C. The molecule has 5 rings (SSSR count). The predicted octanol–water partition coefficient (Wildman–Crippen LogP) is 8.57. The molecule has 2 aromatic heterocycles. The van der Waals surface area contributed by atoms with Crippen molar-refractivity contribution in [3.8, 4) is 0 Å². The van der Waals surface area contributed by atoms with Crippen molar-refractivity contribution in [1.29, 1.82) is 0 Å². The van der Waals surface area contributed by atoms with Gasteiger partial charge in [0.05, 0.1) is 6.61 Å². The highest BCUT2D eigenvalue weighted by Crippen LogP contribution is 2.34. The number of hydrogen-bond donors (Lipinski definition) is 3. The molecule has 0 saturated heterocycles. The van der Waals surface area contributed by atoms with E-state index in [1.54, 1.807) is 47.5 Å². The molecule has 3 aromatic rings. The number of hydroxylamine groups is 2. The Hall–Kier alpha value is -4.56. The first-order chi connectivity index (χ1) is 28.4. The van der Waals surface area contributed by atoms with Gasteiger partial charge in [-0.2, -0.15) is 0 Å². The number of oxazole rings is 2. The Kier molecular flexibility index (Phi) is 19.6. The number of carbonyl (C=O) groups excluding carboxylic acids is 4. The average Bonchev–Trinajstić information content (AvgIpc) is 3.82. The summed E-state index contributed by atoms with van der Waals surface area (Å²) in [4.78, 5) is 66.1. The average molecular weight is 821 g/mol. The van der Waals surface area contributed by atoms with Crippen molar-refractivity contribution in [2.75, 3.05) is 28.2 Å². The smallest absolute Gasteiger partial charge is 0.275 e. The van der Waals surface area contributed by atoms with E-state index in [1.165, 1.54) is 74.0 Å². The van der Waals surface area contributed by atoms with Crippen LogP contribution in [0.15, 0.2) is 39.2 Å². The predicted molar refractivity (Wildman–Crippen MR) is 223 cm³/mol. The summed E-state index contributed by atoms with van der Waals surface area (Å²) in [6.45, 7) is 3.76. The summed E-state index contributed by atoms with van der Waals surface area (Å²) in [6, 6.07) is 9.69. The molecule has 2 atom stereocenters. The lowest BCUT2D eigenvalue weighted by Gasteiger charge is -2.22. The van der Waals surface area contributed by atoms with Gasteiger partial charge >= 0.3 is 0 Å².